The van der Waals surface area contributed by atoms with Crippen LogP contribution in [0.1, 0.15) is 31.1 Å². The molecule has 5 heteroatoms. The normalized spacial score (nSPS) is 21.4. The molecule has 0 aromatic carbocycles. The summed E-state index contributed by atoms with van der Waals surface area (Å²) >= 11 is 3.49. The number of nitrogens with zero attached hydrogens (tertiary/aromatic N) is 3. The van der Waals surface area contributed by atoms with E-state index >= 15 is 0 Å². The molecule has 0 aliphatic carbocycles. The molecule has 3 heterocycles. The van der Waals surface area contributed by atoms with Gasteiger partial charge in [-0.3, -0.25) is 4.40 Å². The van der Waals surface area contributed by atoms with Crippen LogP contribution in [0.2, 0.25) is 0 Å². The van der Waals surface area contributed by atoms with E-state index in [0.717, 1.165) is 28.9 Å². The van der Waals surface area contributed by atoms with E-state index in [4.69, 9.17) is 0 Å². The first-order valence-electron chi connectivity index (χ1n) is 5.59. The van der Waals surface area contributed by atoms with Crippen LogP contribution in [0.5, 0.6) is 0 Å². The average molecular weight is 281 g/mol. The van der Waals surface area contributed by atoms with Crippen molar-refractivity contribution in [1.82, 2.24) is 19.9 Å². The van der Waals surface area contributed by atoms with Crippen molar-refractivity contribution in [2.75, 3.05) is 6.54 Å². The molecule has 84 valence electrons. The Kier molecular flexibility index (Phi) is 2.65. The number of hydrogen-bond donors (Lipinski definition) is 1. The summed E-state index contributed by atoms with van der Waals surface area (Å²) in [5.41, 5.74) is 0.893. The monoisotopic (exact) mass is 280 g/mol. The highest BCUT2D eigenvalue weighted by atomic mass is 79.9. The molecule has 0 saturated carbocycles. The van der Waals surface area contributed by atoms with Crippen molar-refractivity contribution in [2.45, 2.75) is 25.3 Å². The fraction of sp³-hybridized carbons (Fsp3) is 0.455. The number of rotatable bonds is 1. The van der Waals surface area contributed by atoms with Gasteiger partial charge in [0.25, 0.3) is 0 Å². The van der Waals surface area contributed by atoms with Crippen LogP contribution >= 0.6 is 15.9 Å². The Bertz CT molecular complexity index is 502. The van der Waals surface area contributed by atoms with Gasteiger partial charge in [-0.05, 0) is 47.4 Å². The number of fused-ring (bicyclic) bond motifs is 1. The Labute approximate surface area is 102 Å². The van der Waals surface area contributed by atoms with Gasteiger partial charge in [-0.15, -0.1) is 10.2 Å². The Morgan fingerprint density at radius 1 is 1.38 bits per heavy atom. The topological polar surface area (TPSA) is 42.2 Å². The van der Waals surface area contributed by atoms with E-state index in [0.29, 0.717) is 6.04 Å². The third-order valence-electron chi connectivity index (χ3n) is 3.04. The second-order valence-corrected chi connectivity index (χ2v) is 4.96. The maximum Gasteiger partial charge on any atom is 0.175 e. The molecule has 1 unspecified atom stereocenters. The van der Waals surface area contributed by atoms with E-state index in [1.165, 1.54) is 12.8 Å². The number of piperidine rings is 1. The molecule has 16 heavy (non-hydrogen) atoms. The third kappa shape index (κ3) is 1.64. The summed E-state index contributed by atoms with van der Waals surface area (Å²) in [4.78, 5) is 0. The molecule has 4 nitrogen and oxygen atoms in total. The van der Waals surface area contributed by atoms with Crippen molar-refractivity contribution in [2.24, 2.45) is 0 Å². The van der Waals surface area contributed by atoms with Crippen LogP contribution in [0.3, 0.4) is 0 Å². The predicted molar refractivity (Wildman–Crippen MR) is 65.3 cm³/mol. The van der Waals surface area contributed by atoms with Gasteiger partial charge < -0.3 is 5.32 Å². The van der Waals surface area contributed by atoms with E-state index in [-0.39, 0.29) is 0 Å². The number of nitrogens with one attached hydrogen (secondary N) is 1. The SMILES string of the molecule is Brc1cccn2c(C3CCCCN3)nnc12. The van der Waals surface area contributed by atoms with E-state index in [1.54, 1.807) is 0 Å². The molecular formula is C11H13BrN4. The van der Waals surface area contributed by atoms with E-state index < -0.39 is 0 Å². The number of aromatic nitrogens is 3. The highest BCUT2D eigenvalue weighted by Crippen LogP contribution is 2.24. The van der Waals surface area contributed by atoms with Gasteiger partial charge in [0.15, 0.2) is 11.5 Å². The quantitative estimate of drug-likeness (QED) is 0.872. The second kappa shape index (κ2) is 4.14. The Balaban J connectivity index is 2.06. The summed E-state index contributed by atoms with van der Waals surface area (Å²) in [5, 5.41) is 12.0. The van der Waals surface area contributed by atoms with E-state index in [9.17, 15) is 0 Å². The van der Waals surface area contributed by atoms with Crippen molar-refractivity contribution < 1.29 is 0 Å². The highest BCUT2D eigenvalue weighted by Gasteiger charge is 2.20. The van der Waals surface area contributed by atoms with Gasteiger partial charge in [0, 0.05) is 6.20 Å². The van der Waals surface area contributed by atoms with Crippen LogP contribution in [-0.4, -0.2) is 21.1 Å². The van der Waals surface area contributed by atoms with Crippen LogP contribution in [0.15, 0.2) is 22.8 Å². The molecule has 3 rings (SSSR count). The molecule has 0 radical (unpaired) electrons. The van der Waals surface area contributed by atoms with Gasteiger partial charge in [0.05, 0.1) is 10.5 Å². The zero-order valence-corrected chi connectivity index (χ0v) is 10.4. The first kappa shape index (κ1) is 10.2. The molecule has 1 aliphatic heterocycles. The van der Waals surface area contributed by atoms with Crippen LogP contribution in [0.25, 0.3) is 5.65 Å². The smallest absolute Gasteiger partial charge is 0.175 e. The maximum absolute atomic E-state index is 4.30. The number of halogens is 1. The lowest BCUT2D eigenvalue weighted by Crippen LogP contribution is -2.28. The van der Waals surface area contributed by atoms with E-state index in [1.807, 2.05) is 18.3 Å². The zero-order chi connectivity index (χ0) is 11.0. The molecule has 0 spiro atoms. The van der Waals surface area contributed by atoms with Crippen LogP contribution in [0, 0.1) is 0 Å². The molecule has 0 bridgehead atoms. The molecular weight excluding hydrogens is 268 g/mol. The highest BCUT2D eigenvalue weighted by molar-refractivity contribution is 9.10. The zero-order valence-electron chi connectivity index (χ0n) is 8.86. The molecule has 2 aromatic heterocycles. The number of pyridine rings is 1. The molecule has 1 fully saturated rings. The summed E-state index contributed by atoms with van der Waals surface area (Å²) in [6.45, 7) is 1.08. The van der Waals surface area contributed by atoms with Crippen molar-refractivity contribution >= 4 is 21.6 Å². The first-order valence-corrected chi connectivity index (χ1v) is 6.38. The summed E-state index contributed by atoms with van der Waals surface area (Å²) in [7, 11) is 0. The van der Waals surface area contributed by atoms with Crippen LogP contribution in [0.4, 0.5) is 0 Å². The van der Waals surface area contributed by atoms with Crippen LogP contribution in [-0.2, 0) is 0 Å². The van der Waals surface area contributed by atoms with E-state index in [2.05, 4.69) is 35.8 Å². The van der Waals surface area contributed by atoms with Gasteiger partial charge in [-0.2, -0.15) is 0 Å². The van der Waals surface area contributed by atoms with Crippen LogP contribution < -0.4 is 5.32 Å². The molecule has 1 aliphatic rings. The molecule has 2 aromatic rings. The third-order valence-corrected chi connectivity index (χ3v) is 3.65. The lowest BCUT2D eigenvalue weighted by atomic mass is 10.0. The standard InChI is InChI=1S/C11H13BrN4/c12-8-4-3-7-16-10(8)14-15-11(16)9-5-1-2-6-13-9/h3-4,7,9,13H,1-2,5-6H2. The van der Waals surface area contributed by atoms with Gasteiger partial charge in [-0.25, -0.2) is 0 Å². The van der Waals surface area contributed by atoms with Crippen molar-refractivity contribution in [1.29, 1.82) is 0 Å². The minimum Gasteiger partial charge on any atom is -0.307 e. The predicted octanol–water partition coefficient (Wildman–Crippen LogP) is 2.31. The minimum absolute atomic E-state index is 0.345. The Morgan fingerprint density at radius 2 is 2.31 bits per heavy atom. The van der Waals surface area contributed by atoms with Gasteiger partial charge in [0.2, 0.25) is 0 Å². The van der Waals surface area contributed by atoms with Crippen molar-refractivity contribution in [3.05, 3.63) is 28.6 Å². The van der Waals surface area contributed by atoms with Gasteiger partial charge >= 0.3 is 0 Å². The van der Waals surface area contributed by atoms with Crippen molar-refractivity contribution in [3.8, 4) is 0 Å². The minimum atomic E-state index is 0.345. The molecule has 1 atom stereocenters. The summed E-state index contributed by atoms with van der Waals surface area (Å²) in [6, 6.07) is 4.34. The lowest BCUT2D eigenvalue weighted by Gasteiger charge is -2.21. The number of hydrogen-bond acceptors (Lipinski definition) is 3. The molecule has 0 amide bonds. The average Bonchev–Trinajstić information content (AvgIpc) is 2.75. The summed E-state index contributed by atoms with van der Waals surface area (Å²) in [6.07, 6.45) is 5.69. The lowest BCUT2D eigenvalue weighted by molar-refractivity contribution is 0.395. The second-order valence-electron chi connectivity index (χ2n) is 4.11. The van der Waals surface area contributed by atoms with Crippen molar-refractivity contribution in [3.63, 3.8) is 0 Å². The Morgan fingerprint density at radius 3 is 3.12 bits per heavy atom. The first-order chi connectivity index (χ1) is 7.86. The fourth-order valence-electron chi connectivity index (χ4n) is 2.21. The Hall–Kier alpha value is -0.940. The van der Waals surface area contributed by atoms with Gasteiger partial charge in [0.1, 0.15) is 0 Å². The fourth-order valence-corrected chi connectivity index (χ4v) is 2.63. The van der Waals surface area contributed by atoms with Gasteiger partial charge in [-0.1, -0.05) is 6.42 Å². The molecule has 1 saturated heterocycles. The largest absolute Gasteiger partial charge is 0.307 e. The maximum atomic E-state index is 4.30. The molecule has 1 N–H and O–H groups in total. The summed E-state index contributed by atoms with van der Waals surface area (Å²) in [5.74, 6) is 1.02. The summed E-state index contributed by atoms with van der Waals surface area (Å²) < 4.78 is 3.05.